The van der Waals surface area contributed by atoms with Crippen LogP contribution in [0.3, 0.4) is 0 Å². The number of hydrogen-bond donors (Lipinski definition) is 1. The molecule has 9 heteroatoms. The Morgan fingerprint density at radius 3 is 1.95 bits per heavy atom. The predicted molar refractivity (Wildman–Crippen MR) is 52.6 cm³/mol. The van der Waals surface area contributed by atoms with Gasteiger partial charge in [-0.25, -0.2) is 22.0 Å². The maximum absolute atomic E-state index is 13.3. The molecule has 0 fully saturated rings. The third-order valence-electron chi connectivity index (χ3n) is 2.20. The summed E-state index contributed by atoms with van der Waals surface area (Å²) in [6, 6.07) is 0. The second-order valence-corrected chi connectivity index (χ2v) is 3.53. The summed E-state index contributed by atoms with van der Waals surface area (Å²) in [5, 5.41) is 5.44. The summed E-state index contributed by atoms with van der Waals surface area (Å²) < 4.78 is 69.6. The maximum Gasteiger partial charge on any atom is 0.223 e. The Balaban J connectivity index is 2.30. The van der Waals surface area contributed by atoms with Gasteiger partial charge in [0.2, 0.25) is 11.7 Å². The maximum atomic E-state index is 13.3. The van der Waals surface area contributed by atoms with E-state index in [1.165, 1.54) is 6.92 Å². The van der Waals surface area contributed by atoms with E-state index in [1.807, 2.05) is 5.32 Å². The predicted octanol–water partition coefficient (Wildman–Crippen LogP) is 2.69. The fraction of sp³-hybridized carbons (Fsp3) is 0.200. The molecule has 2 aromatic rings. The van der Waals surface area contributed by atoms with Crippen molar-refractivity contribution >= 4 is 5.69 Å². The molecule has 1 aromatic carbocycles. The van der Waals surface area contributed by atoms with Gasteiger partial charge >= 0.3 is 0 Å². The molecule has 0 atom stereocenters. The summed E-state index contributed by atoms with van der Waals surface area (Å²) in [7, 11) is 0. The molecule has 19 heavy (non-hydrogen) atoms. The van der Waals surface area contributed by atoms with Crippen molar-refractivity contribution in [1.29, 1.82) is 0 Å². The van der Waals surface area contributed by atoms with Gasteiger partial charge in [-0.3, -0.25) is 0 Å². The minimum Gasteiger partial charge on any atom is -0.373 e. The average Bonchev–Trinajstić information content (AvgIpc) is 2.80. The molecule has 1 heterocycles. The first-order chi connectivity index (χ1) is 8.91. The van der Waals surface area contributed by atoms with Gasteiger partial charge < -0.3 is 9.84 Å². The third kappa shape index (κ3) is 2.35. The van der Waals surface area contributed by atoms with Crippen LogP contribution in [-0.4, -0.2) is 10.1 Å². The molecule has 0 aliphatic rings. The molecule has 1 N–H and O–H groups in total. The topological polar surface area (TPSA) is 51.0 Å². The van der Waals surface area contributed by atoms with Crippen molar-refractivity contribution in [3.8, 4) is 0 Å². The second-order valence-electron chi connectivity index (χ2n) is 3.53. The Morgan fingerprint density at radius 1 is 0.947 bits per heavy atom. The van der Waals surface area contributed by atoms with Crippen LogP contribution in [0, 0.1) is 36.0 Å². The van der Waals surface area contributed by atoms with Gasteiger partial charge in [0.05, 0.1) is 6.54 Å². The van der Waals surface area contributed by atoms with E-state index in [9.17, 15) is 22.0 Å². The number of aryl methyl sites for hydroxylation is 1. The summed E-state index contributed by atoms with van der Waals surface area (Å²) in [5.74, 6) is -9.93. The number of nitrogens with one attached hydrogen (secondary N) is 1. The molecule has 0 saturated heterocycles. The van der Waals surface area contributed by atoms with E-state index < -0.39 is 34.8 Å². The van der Waals surface area contributed by atoms with Gasteiger partial charge in [0.25, 0.3) is 0 Å². The number of nitrogens with zero attached hydrogens (tertiary/aromatic N) is 2. The Labute approximate surface area is 103 Å². The van der Waals surface area contributed by atoms with E-state index in [4.69, 9.17) is 0 Å². The zero-order chi connectivity index (χ0) is 14.2. The van der Waals surface area contributed by atoms with E-state index in [0.717, 1.165) is 0 Å². The van der Waals surface area contributed by atoms with Gasteiger partial charge in [0.15, 0.2) is 29.1 Å². The summed E-state index contributed by atoms with van der Waals surface area (Å²) >= 11 is 0. The Bertz CT molecular complexity index is 599. The quantitative estimate of drug-likeness (QED) is 0.533. The van der Waals surface area contributed by atoms with Gasteiger partial charge in [-0.05, 0) is 0 Å². The van der Waals surface area contributed by atoms with Crippen LogP contribution in [0.2, 0.25) is 0 Å². The Hall–Kier alpha value is -2.19. The molecule has 0 saturated carbocycles. The van der Waals surface area contributed by atoms with Gasteiger partial charge in [0.1, 0.15) is 5.69 Å². The molecule has 0 spiro atoms. The highest BCUT2D eigenvalue weighted by Crippen LogP contribution is 2.27. The fourth-order valence-corrected chi connectivity index (χ4v) is 1.34. The van der Waals surface area contributed by atoms with Gasteiger partial charge in [-0.15, -0.1) is 0 Å². The number of aromatic nitrogens is 2. The highest BCUT2D eigenvalue weighted by atomic mass is 19.2. The van der Waals surface area contributed by atoms with Crippen molar-refractivity contribution in [2.75, 3.05) is 5.32 Å². The molecule has 0 unspecified atom stereocenters. The third-order valence-corrected chi connectivity index (χ3v) is 2.20. The normalized spacial score (nSPS) is 10.8. The minimum absolute atomic E-state index is 0.0152. The smallest absolute Gasteiger partial charge is 0.223 e. The van der Waals surface area contributed by atoms with E-state index >= 15 is 0 Å². The molecule has 0 bridgehead atoms. The Kier molecular flexibility index (Phi) is 3.36. The summed E-state index contributed by atoms with van der Waals surface area (Å²) in [4.78, 5) is 3.70. The zero-order valence-electron chi connectivity index (χ0n) is 9.40. The first-order valence-electron chi connectivity index (χ1n) is 4.96. The summed E-state index contributed by atoms with van der Waals surface area (Å²) in [6.45, 7) is 1.13. The van der Waals surface area contributed by atoms with Crippen LogP contribution in [-0.2, 0) is 6.54 Å². The van der Waals surface area contributed by atoms with Crippen LogP contribution in [0.5, 0.6) is 0 Å². The zero-order valence-corrected chi connectivity index (χ0v) is 9.40. The molecule has 0 aliphatic heterocycles. The van der Waals surface area contributed by atoms with Crippen LogP contribution < -0.4 is 5.32 Å². The number of anilines is 1. The molecule has 4 nitrogen and oxygen atoms in total. The molecule has 0 amide bonds. The SMILES string of the molecule is Cc1nc(CNc2c(F)c(F)c(F)c(F)c2F)no1. The van der Waals surface area contributed by atoms with Crippen LogP contribution in [0.25, 0.3) is 0 Å². The summed E-state index contributed by atoms with van der Waals surface area (Å²) in [6.07, 6.45) is 0. The molecule has 1 aromatic heterocycles. The lowest BCUT2D eigenvalue weighted by atomic mass is 10.2. The lowest BCUT2D eigenvalue weighted by molar-refractivity contribution is 0.380. The lowest BCUT2D eigenvalue weighted by Crippen LogP contribution is -2.10. The highest BCUT2D eigenvalue weighted by Gasteiger charge is 2.25. The fourth-order valence-electron chi connectivity index (χ4n) is 1.34. The Morgan fingerprint density at radius 2 is 1.47 bits per heavy atom. The monoisotopic (exact) mass is 279 g/mol. The van der Waals surface area contributed by atoms with E-state index in [0.29, 0.717) is 0 Å². The van der Waals surface area contributed by atoms with Crippen molar-refractivity contribution < 1.29 is 26.5 Å². The molecular formula is C10H6F5N3O. The molecular weight excluding hydrogens is 273 g/mol. The van der Waals surface area contributed by atoms with E-state index in [1.54, 1.807) is 0 Å². The van der Waals surface area contributed by atoms with Gasteiger partial charge in [-0.2, -0.15) is 4.98 Å². The van der Waals surface area contributed by atoms with Crippen LogP contribution in [0.15, 0.2) is 4.52 Å². The minimum atomic E-state index is -2.21. The first-order valence-corrected chi connectivity index (χ1v) is 4.96. The molecule has 2 rings (SSSR count). The van der Waals surface area contributed by atoms with Crippen LogP contribution in [0.1, 0.15) is 11.7 Å². The molecule has 102 valence electrons. The number of halogens is 5. The van der Waals surface area contributed by atoms with Crippen LogP contribution in [0.4, 0.5) is 27.6 Å². The molecule has 0 aliphatic carbocycles. The largest absolute Gasteiger partial charge is 0.373 e. The summed E-state index contributed by atoms with van der Waals surface area (Å²) in [5.41, 5.74) is -1.14. The number of rotatable bonds is 3. The standard InChI is InChI=1S/C10H6F5N3O/c1-3-17-4(18-19-3)2-16-10-8(14)6(12)5(11)7(13)9(10)15/h16H,2H2,1H3. The van der Waals surface area contributed by atoms with Crippen LogP contribution >= 0.6 is 0 Å². The lowest BCUT2D eigenvalue weighted by Gasteiger charge is -2.08. The first kappa shape index (κ1) is 13.2. The number of benzene rings is 1. The van der Waals surface area contributed by atoms with Gasteiger partial charge in [0, 0.05) is 6.92 Å². The second kappa shape index (κ2) is 4.82. The van der Waals surface area contributed by atoms with Gasteiger partial charge in [-0.1, -0.05) is 5.16 Å². The van der Waals surface area contributed by atoms with Crippen molar-refractivity contribution in [1.82, 2.24) is 10.1 Å². The highest BCUT2D eigenvalue weighted by molar-refractivity contribution is 5.47. The average molecular weight is 279 g/mol. The van der Waals surface area contributed by atoms with E-state index in [2.05, 4.69) is 14.7 Å². The van der Waals surface area contributed by atoms with Crippen molar-refractivity contribution in [2.45, 2.75) is 13.5 Å². The van der Waals surface area contributed by atoms with Crippen molar-refractivity contribution in [3.05, 3.63) is 40.8 Å². The number of hydrogen-bond acceptors (Lipinski definition) is 4. The van der Waals surface area contributed by atoms with Crippen molar-refractivity contribution in [2.24, 2.45) is 0 Å². The molecule has 0 radical (unpaired) electrons. The van der Waals surface area contributed by atoms with E-state index in [-0.39, 0.29) is 18.3 Å². The van der Waals surface area contributed by atoms with Crippen molar-refractivity contribution in [3.63, 3.8) is 0 Å².